The molecule has 0 aromatic heterocycles. The second-order valence-corrected chi connectivity index (χ2v) is 13.6. The molecule has 0 spiro atoms. The summed E-state index contributed by atoms with van der Waals surface area (Å²) in [6.07, 6.45) is 0.810. The minimum absolute atomic E-state index is 0.0167. The van der Waals surface area contributed by atoms with E-state index in [4.69, 9.17) is 9.47 Å². The highest BCUT2D eigenvalue weighted by atomic mass is 16.7. The second-order valence-electron chi connectivity index (χ2n) is 13.6. The largest absolute Gasteiger partial charge is 0.457 e. The van der Waals surface area contributed by atoms with Gasteiger partial charge in [0, 0.05) is 17.5 Å². The summed E-state index contributed by atoms with van der Waals surface area (Å²) in [6, 6.07) is 9.40. The lowest BCUT2D eigenvalue weighted by Crippen LogP contribution is -2.24. The summed E-state index contributed by atoms with van der Waals surface area (Å²) >= 11 is 0. The zero-order chi connectivity index (χ0) is 24.3. The molecule has 2 nitrogen and oxygen atoms in total. The molecule has 0 saturated heterocycles. The van der Waals surface area contributed by atoms with E-state index in [-0.39, 0.29) is 28.5 Å². The minimum Gasteiger partial charge on any atom is -0.457 e. The van der Waals surface area contributed by atoms with E-state index in [1.807, 2.05) is 0 Å². The van der Waals surface area contributed by atoms with Crippen LogP contribution in [0.4, 0.5) is 0 Å². The second kappa shape index (κ2) is 7.82. The standard InChI is InChI=1S/C30H44O2/c1-27(2,3)21-14-19-13-20-15-22(28(4,5)6)17-24(30(10,11)12)26(20)32-18-31-25(19)23(16-21)29(7,8)9/h14-17H,13,18H2,1-12H3. The lowest BCUT2D eigenvalue weighted by molar-refractivity contribution is 0.111. The highest BCUT2D eigenvalue weighted by Gasteiger charge is 2.31. The Kier molecular flexibility index (Phi) is 6.03. The Balaban J connectivity index is 2.31. The molecule has 0 saturated carbocycles. The van der Waals surface area contributed by atoms with Gasteiger partial charge in [-0.05, 0) is 43.9 Å². The fourth-order valence-electron chi connectivity index (χ4n) is 4.31. The van der Waals surface area contributed by atoms with Gasteiger partial charge in [0.2, 0.25) is 6.79 Å². The number of ether oxygens (including phenoxy) is 2. The topological polar surface area (TPSA) is 18.5 Å². The van der Waals surface area contributed by atoms with Crippen molar-refractivity contribution in [2.45, 2.75) is 111 Å². The molecule has 32 heavy (non-hydrogen) atoms. The summed E-state index contributed by atoms with van der Waals surface area (Å²) in [4.78, 5) is 0. The average molecular weight is 437 g/mol. The van der Waals surface area contributed by atoms with Gasteiger partial charge in [0.15, 0.2) is 0 Å². The van der Waals surface area contributed by atoms with Crippen molar-refractivity contribution in [1.29, 1.82) is 0 Å². The van der Waals surface area contributed by atoms with Crippen molar-refractivity contribution in [2.24, 2.45) is 0 Å². The van der Waals surface area contributed by atoms with Crippen LogP contribution >= 0.6 is 0 Å². The maximum Gasteiger partial charge on any atom is 0.230 e. The van der Waals surface area contributed by atoms with Crippen molar-refractivity contribution in [1.82, 2.24) is 0 Å². The van der Waals surface area contributed by atoms with Crippen LogP contribution in [-0.2, 0) is 28.1 Å². The SMILES string of the molecule is CC(C)(C)c1cc2c(c(C(C)(C)C)c1)OCOc1c(cc(C(C)(C)C)cc1C(C)(C)C)C2. The van der Waals surface area contributed by atoms with Crippen molar-refractivity contribution in [3.63, 3.8) is 0 Å². The van der Waals surface area contributed by atoms with Crippen LogP contribution in [0.5, 0.6) is 11.5 Å². The first-order valence-electron chi connectivity index (χ1n) is 12.0. The molecule has 0 bridgehead atoms. The van der Waals surface area contributed by atoms with Gasteiger partial charge in [0.25, 0.3) is 0 Å². The molecule has 2 aromatic carbocycles. The molecule has 2 heteroatoms. The van der Waals surface area contributed by atoms with Crippen molar-refractivity contribution in [3.8, 4) is 11.5 Å². The van der Waals surface area contributed by atoms with E-state index in [9.17, 15) is 0 Å². The van der Waals surface area contributed by atoms with E-state index in [1.54, 1.807) is 0 Å². The number of hydrogen-bond donors (Lipinski definition) is 0. The smallest absolute Gasteiger partial charge is 0.230 e. The van der Waals surface area contributed by atoms with Crippen LogP contribution in [0, 0.1) is 0 Å². The van der Waals surface area contributed by atoms with Gasteiger partial charge in [0.05, 0.1) is 0 Å². The third-order valence-electron chi connectivity index (χ3n) is 6.47. The molecule has 0 amide bonds. The van der Waals surface area contributed by atoms with E-state index in [2.05, 4.69) is 107 Å². The van der Waals surface area contributed by atoms with Crippen LogP contribution in [0.3, 0.4) is 0 Å². The summed E-state index contributed by atoms with van der Waals surface area (Å²) < 4.78 is 12.7. The maximum absolute atomic E-state index is 6.35. The van der Waals surface area contributed by atoms with Gasteiger partial charge in [-0.1, -0.05) is 107 Å². The fourth-order valence-corrected chi connectivity index (χ4v) is 4.31. The zero-order valence-electron chi connectivity index (χ0n) is 22.5. The normalized spacial score (nSPS) is 15.1. The lowest BCUT2D eigenvalue weighted by atomic mass is 9.76. The Morgan fingerprint density at radius 2 is 0.844 bits per heavy atom. The predicted molar refractivity (Wildman–Crippen MR) is 137 cm³/mol. The van der Waals surface area contributed by atoms with E-state index >= 15 is 0 Å². The van der Waals surface area contributed by atoms with Gasteiger partial charge in [-0.2, -0.15) is 0 Å². The maximum atomic E-state index is 6.35. The molecule has 0 unspecified atom stereocenters. The van der Waals surface area contributed by atoms with Gasteiger partial charge in [-0.15, -0.1) is 0 Å². The number of fused-ring (bicyclic) bond motifs is 2. The third-order valence-corrected chi connectivity index (χ3v) is 6.47. The summed E-state index contributed by atoms with van der Waals surface area (Å²) in [5.74, 6) is 1.99. The Morgan fingerprint density at radius 3 is 1.12 bits per heavy atom. The quantitative estimate of drug-likeness (QED) is 0.414. The Bertz CT molecular complexity index is 918. The Hall–Kier alpha value is -1.96. The molecule has 1 aliphatic rings. The number of hydrogen-bond acceptors (Lipinski definition) is 2. The molecule has 176 valence electrons. The molecular formula is C30H44O2. The molecular weight excluding hydrogens is 392 g/mol. The van der Waals surface area contributed by atoms with Crippen LogP contribution in [-0.4, -0.2) is 6.79 Å². The van der Waals surface area contributed by atoms with E-state index in [0.717, 1.165) is 17.9 Å². The molecule has 0 fully saturated rings. The van der Waals surface area contributed by atoms with Crippen LogP contribution in [0.1, 0.15) is 116 Å². The highest BCUT2D eigenvalue weighted by molar-refractivity contribution is 5.56. The van der Waals surface area contributed by atoms with Crippen molar-refractivity contribution in [3.05, 3.63) is 57.6 Å². The Labute approximate surface area is 196 Å². The van der Waals surface area contributed by atoms with Crippen LogP contribution < -0.4 is 9.47 Å². The molecule has 0 radical (unpaired) electrons. The molecule has 0 atom stereocenters. The van der Waals surface area contributed by atoms with Gasteiger partial charge in [-0.3, -0.25) is 0 Å². The summed E-state index contributed by atoms with van der Waals surface area (Å²) in [5.41, 5.74) is 7.86. The van der Waals surface area contributed by atoms with E-state index in [0.29, 0.717) is 0 Å². The molecule has 0 N–H and O–H groups in total. The molecule has 1 aliphatic heterocycles. The average Bonchev–Trinajstić information content (AvgIpc) is 2.57. The number of rotatable bonds is 0. The summed E-state index contributed by atoms with van der Waals surface area (Å²) in [6.45, 7) is 27.6. The monoisotopic (exact) mass is 436 g/mol. The molecule has 1 heterocycles. The summed E-state index contributed by atoms with van der Waals surface area (Å²) in [5, 5.41) is 0. The highest BCUT2D eigenvalue weighted by Crippen LogP contribution is 2.44. The lowest BCUT2D eigenvalue weighted by Gasteiger charge is -2.33. The van der Waals surface area contributed by atoms with Crippen molar-refractivity contribution >= 4 is 0 Å². The zero-order valence-corrected chi connectivity index (χ0v) is 22.5. The molecule has 0 aliphatic carbocycles. The third kappa shape index (κ3) is 5.00. The van der Waals surface area contributed by atoms with E-state index in [1.165, 1.54) is 33.4 Å². The minimum atomic E-state index is -0.0167. The first-order valence-corrected chi connectivity index (χ1v) is 12.0. The van der Waals surface area contributed by atoms with Gasteiger partial charge in [0.1, 0.15) is 11.5 Å². The van der Waals surface area contributed by atoms with Gasteiger partial charge >= 0.3 is 0 Å². The first-order chi connectivity index (χ1) is 14.4. The first kappa shape index (κ1) is 24.7. The van der Waals surface area contributed by atoms with Crippen LogP contribution in [0.15, 0.2) is 24.3 Å². The fraction of sp³-hybridized carbons (Fsp3) is 0.600. The van der Waals surface area contributed by atoms with Crippen LogP contribution in [0.25, 0.3) is 0 Å². The van der Waals surface area contributed by atoms with Crippen molar-refractivity contribution < 1.29 is 9.47 Å². The Morgan fingerprint density at radius 1 is 0.500 bits per heavy atom. The predicted octanol–water partition coefficient (Wildman–Crippen LogP) is 8.20. The number of benzene rings is 2. The molecule has 3 rings (SSSR count). The van der Waals surface area contributed by atoms with Gasteiger partial charge in [-0.25, -0.2) is 0 Å². The van der Waals surface area contributed by atoms with E-state index < -0.39 is 0 Å². The summed E-state index contributed by atoms with van der Waals surface area (Å²) in [7, 11) is 0. The van der Waals surface area contributed by atoms with Gasteiger partial charge < -0.3 is 9.47 Å². The van der Waals surface area contributed by atoms with Crippen LogP contribution in [0.2, 0.25) is 0 Å². The molecule has 2 aromatic rings. The van der Waals surface area contributed by atoms with Crippen molar-refractivity contribution in [2.75, 3.05) is 6.79 Å².